The molecule has 1 aromatic rings. The zero-order valence-electron chi connectivity index (χ0n) is 14.7. The van der Waals surface area contributed by atoms with E-state index in [9.17, 15) is 4.79 Å². The van der Waals surface area contributed by atoms with Gasteiger partial charge in [-0.25, -0.2) is 4.85 Å². The van der Waals surface area contributed by atoms with E-state index in [1.807, 2.05) is 20.8 Å². The molecule has 22 heavy (non-hydrogen) atoms. The van der Waals surface area contributed by atoms with Gasteiger partial charge in [0.2, 0.25) is 5.70 Å². The van der Waals surface area contributed by atoms with Crippen LogP contribution in [0, 0.1) is 25.8 Å². The Hall–Kier alpha value is -1.88. The quantitative estimate of drug-likeness (QED) is 0.513. The minimum Gasteiger partial charge on any atom is -0.307 e. The Bertz CT molecular complexity index is 721. The fraction of sp³-hybridized carbons (Fsp3) is 0.500. The Kier molecular flexibility index (Phi) is 3.81. The van der Waals surface area contributed by atoms with Gasteiger partial charge < -0.3 is 4.79 Å². The van der Waals surface area contributed by atoms with Crippen molar-refractivity contribution < 1.29 is 4.79 Å². The normalized spacial score (nSPS) is 18.6. The van der Waals surface area contributed by atoms with E-state index in [2.05, 4.69) is 44.7 Å². The second kappa shape index (κ2) is 5.09. The van der Waals surface area contributed by atoms with Gasteiger partial charge in [-0.1, -0.05) is 46.8 Å². The van der Waals surface area contributed by atoms with Gasteiger partial charge in [0.15, 0.2) is 5.78 Å². The number of hydrogen-bond acceptors (Lipinski definition) is 1. The molecular formula is C20H25NO. The maximum absolute atomic E-state index is 12.7. The molecule has 0 unspecified atom stereocenters. The van der Waals surface area contributed by atoms with Crippen LogP contribution in [0.15, 0.2) is 17.8 Å². The second-order valence-electron chi connectivity index (χ2n) is 8.06. The minimum atomic E-state index is -0.528. The molecule has 2 heteroatoms. The molecule has 0 N–H and O–H groups in total. The summed E-state index contributed by atoms with van der Waals surface area (Å²) in [5, 5.41) is 0. The van der Waals surface area contributed by atoms with Gasteiger partial charge in [0.25, 0.3) is 0 Å². The summed E-state index contributed by atoms with van der Waals surface area (Å²) in [6.45, 7) is 21.8. The number of allylic oxidation sites excluding steroid dienone is 2. The predicted molar refractivity (Wildman–Crippen MR) is 91.5 cm³/mol. The van der Waals surface area contributed by atoms with Gasteiger partial charge in [-0.3, -0.25) is 0 Å². The third kappa shape index (κ3) is 2.61. The fourth-order valence-electron chi connectivity index (χ4n) is 3.08. The average Bonchev–Trinajstić information content (AvgIpc) is 2.62. The van der Waals surface area contributed by atoms with E-state index < -0.39 is 5.41 Å². The highest BCUT2D eigenvalue weighted by Gasteiger charge is 2.38. The Morgan fingerprint density at radius 1 is 1.18 bits per heavy atom. The number of carbonyl (C=O) groups excluding carboxylic acids is 1. The number of Topliss-reactive ketones (excluding diaryl/α,β-unsaturated/α-hetero) is 1. The first kappa shape index (κ1) is 16.5. The molecular weight excluding hydrogens is 270 g/mol. The predicted octanol–water partition coefficient (Wildman–Crippen LogP) is 5.23. The van der Waals surface area contributed by atoms with Crippen molar-refractivity contribution in [1.82, 2.24) is 0 Å². The highest BCUT2D eigenvalue weighted by atomic mass is 16.1. The van der Waals surface area contributed by atoms with Crippen LogP contribution < -0.4 is 0 Å². The first-order valence-electron chi connectivity index (χ1n) is 7.76. The topological polar surface area (TPSA) is 21.4 Å². The van der Waals surface area contributed by atoms with Gasteiger partial charge in [0.05, 0.1) is 6.57 Å². The smallest absolute Gasteiger partial charge is 0.233 e. The van der Waals surface area contributed by atoms with Crippen molar-refractivity contribution in [2.45, 2.75) is 60.3 Å². The van der Waals surface area contributed by atoms with E-state index in [-0.39, 0.29) is 11.2 Å². The van der Waals surface area contributed by atoms with E-state index in [1.165, 1.54) is 16.7 Å². The first-order valence-corrected chi connectivity index (χ1v) is 7.76. The van der Waals surface area contributed by atoms with Gasteiger partial charge in [0.1, 0.15) is 0 Å². The fourth-order valence-corrected chi connectivity index (χ4v) is 3.08. The number of ketones is 1. The molecule has 0 saturated heterocycles. The summed E-state index contributed by atoms with van der Waals surface area (Å²) in [5.41, 5.74) is 5.52. The Balaban J connectivity index is 2.76. The lowest BCUT2D eigenvalue weighted by Gasteiger charge is -2.19. The summed E-state index contributed by atoms with van der Waals surface area (Å²) in [6, 6.07) is 4.37. The molecule has 1 aliphatic carbocycles. The number of fused-ring (bicyclic) bond motifs is 1. The molecule has 0 radical (unpaired) electrons. The van der Waals surface area contributed by atoms with Gasteiger partial charge in [-0.15, -0.1) is 0 Å². The van der Waals surface area contributed by atoms with E-state index >= 15 is 0 Å². The van der Waals surface area contributed by atoms with Crippen LogP contribution in [0.4, 0.5) is 0 Å². The third-order valence-electron chi connectivity index (χ3n) is 4.60. The molecule has 0 fully saturated rings. The van der Waals surface area contributed by atoms with Crippen LogP contribution in [0.5, 0.6) is 0 Å². The number of rotatable bonds is 1. The maximum atomic E-state index is 12.7. The van der Waals surface area contributed by atoms with Crippen LogP contribution in [0.3, 0.4) is 0 Å². The minimum absolute atomic E-state index is 0.0305. The van der Waals surface area contributed by atoms with Crippen molar-refractivity contribution in [2.75, 3.05) is 0 Å². The molecule has 0 bridgehead atoms. The van der Waals surface area contributed by atoms with Crippen molar-refractivity contribution in [3.8, 4) is 0 Å². The lowest BCUT2D eigenvalue weighted by molar-refractivity contribution is -0.122. The van der Waals surface area contributed by atoms with Crippen molar-refractivity contribution in [3.63, 3.8) is 0 Å². The number of hydrogen-bond donors (Lipinski definition) is 0. The molecule has 0 aromatic heterocycles. The average molecular weight is 295 g/mol. The Morgan fingerprint density at radius 3 is 2.23 bits per heavy atom. The molecule has 2 rings (SSSR count). The number of aryl methyl sites for hydroxylation is 2. The van der Waals surface area contributed by atoms with Crippen molar-refractivity contribution in [1.29, 1.82) is 0 Å². The van der Waals surface area contributed by atoms with Gasteiger partial charge in [-0.2, -0.15) is 0 Å². The zero-order chi connectivity index (χ0) is 16.9. The first-order chi connectivity index (χ1) is 9.99. The lowest BCUT2D eigenvalue weighted by Crippen LogP contribution is -2.21. The van der Waals surface area contributed by atoms with Crippen molar-refractivity contribution in [3.05, 3.63) is 51.5 Å². The summed E-state index contributed by atoms with van der Waals surface area (Å²) in [6.07, 6.45) is 0.755. The van der Waals surface area contributed by atoms with Crippen LogP contribution in [0.25, 0.3) is 10.4 Å². The molecule has 1 aromatic carbocycles. The largest absolute Gasteiger partial charge is 0.307 e. The maximum Gasteiger partial charge on any atom is 0.233 e. The SMILES string of the molecule is [C-]#[N+]/C(C(=O)C(C)(C)C)=C1/CC(C)(C)c2cc(C)c(C)cc21. The Morgan fingerprint density at radius 2 is 1.73 bits per heavy atom. The molecule has 0 amide bonds. The second-order valence-corrected chi connectivity index (χ2v) is 8.06. The van der Waals surface area contributed by atoms with E-state index in [0.29, 0.717) is 5.70 Å². The number of nitrogens with zero attached hydrogens (tertiary/aromatic N) is 1. The van der Waals surface area contributed by atoms with Gasteiger partial charge in [-0.05, 0) is 53.5 Å². The molecule has 116 valence electrons. The standard InChI is InChI=1S/C20H25NO/c1-12-9-14-15(17(21-8)18(22)19(3,4)5)11-20(6,7)16(14)10-13(12)2/h9-10H,11H2,1-7H3/b17-15-. The van der Waals surface area contributed by atoms with Crippen LogP contribution >= 0.6 is 0 Å². The van der Waals surface area contributed by atoms with Gasteiger partial charge in [0, 0.05) is 5.41 Å². The highest BCUT2D eigenvalue weighted by molar-refractivity contribution is 6.08. The Labute approximate surface area is 134 Å². The van der Waals surface area contributed by atoms with Crippen LogP contribution in [0.2, 0.25) is 0 Å². The molecule has 0 saturated carbocycles. The highest BCUT2D eigenvalue weighted by Crippen LogP contribution is 2.48. The summed E-state index contributed by atoms with van der Waals surface area (Å²) in [5.74, 6) is -0.0561. The van der Waals surface area contributed by atoms with Gasteiger partial charge >= 0.3 is 0 Å². The lowest BCUT2D eigenvalue weighted by atomic mass is 9.84. The van der Waals surface area contributed by atoms with E-state index in [1.54, 1.807) is 0 Å². The van der Waals surface area contributed by atoms with Crippen LogP contribution in [-0.2, 0) is 10.2 Å². The number of carbonyl (C=O) groups is 1. The number of benzene rings is 1. The summed E-state index contributed by atoms with van der Waals surface area (Å²) in [4.78, 5) is 16.3. The monoisotopic (exact) mass is 295 g/mol. The third-order valence-corrected chi connectivity index (χ3v) is 4.60. The molecule has 0 spiro atoms. The van der Waals surface area contributed by atoms with Crippen LogP contribution in [0.1, 0.15) is 63.3 Å². The molecule has 0 heterocycles. The molecule has 2 nitrogen and oxygen atoms in total. The van der Waals surface area contributed by atoms with E-state index in [0.717, 1.165) is 17.6 Å². The molecule has 0 aliphatic heterocycles. The van der Waals surface area contributed by atoms with Crippen LogP contribution in [-0.4, -0.2) is 5.78 Å². The molecule has 1 aliphatic rings. The summed E-state index contributed by atoms with van der Waals surface area (Å²) < 4.78 is 0. The summed E-state index contributed by atoms with van der Waals surface area (Å²) >= 11 is 0. The van der Waals surface area contributed by atoms with Crippen molar-refractivity contribution in [2.24, 2.45) is 5.41 Å². The van der Waals surface area contributed by atoms with Crippen molar-refractivity contribution >= 4 is 11.4 Å². The molecule has 0 atom stereocenters. The summed E-state index contributed by atoms with van der Waals surface area (Å²) in [7, 11) is 0. The zero-order valence-corrected chi connectivity index (χ0v) is 14.7. The van der Waals surface area contributed by atoms with E-state index in [4.69, 9.17) is 6.57 Å².